The molecule has 0 fully saturated rings. The van der Waals surface area contributed by atoms with E-state index in [0.29, 0.717) is 5.92 Å². The minimum absolute atomic E-state index is 0.643. The van der Waals surface area contributed by atoms with Crippen LogP contribution in [0.2, 0.25) is 0 Å². The molecule has 0 saturated carbocycles. The van der Waals surface area contributed by atoms with E-state index in [1.165, 1.54) is 38.5 Å². The molecule has 0 aliphatic rings. The SMILES string of the molecule is CCC[C@H](C)C(C)CCC(C)[C@H](C)CC[C@H](C)C(C)CC[C@@H](C)F. The van der Waals surface area contributed by atoms with Crippen molar-refractivity contribution in [3.05, 3.63) is 0 Å². The number of hydrogen-bond acceptors (Lipinski definition) is 0. The van der Waals surface area contributed by atoms with Gasteiger partial charge in [-0.15, -0.1) is 0 Å². The third kappa shape index (κ3) is 10.7. The van der Waals surface area contributed by atoms with E-state index in [4.69, 9.17) is 0 Å². The lowest BCUT2D eigenvalue weighted by atomic mass is 9.80. The normalized spacial score (nSPS) is 20.9. The minimum Gasteiger partial charge on any atom is -0.248 e. The average Bonchev–Trinajstić information content (AvgIpc) is 2.54. The van der Waals surface area contributed by atoms with E-state index in [1.54, 1.807) is 6.92 Å². The van der Waals surface area contributed by atoms with Gasteiger partial charge in [0.15, 0.2) is 0 Å². The third-order valence-electron chi connectivity index (χ3n) is 6.83. The highest BCUT2D eigenvalue weighted by molar-refractivity contribution is 4.70. The maximum absolute atomic E-state index is 13.0. The Balaban J connectivity index is 4.02. The molecule has 24 heavy (non-hydrogen) atoms. The fourth-order valence-electron chi connectivity index (χ4n) is 3.71. The number of alkyl halides is 1. The molecule has 0 bridgehead atoms. The van der Waals surface area contributed by atoms with Crippen LogP contribution in [0.15, 0.2) is 0 Å². The van der Waals surface area contributed by atoms with Crippen LogP contribution in [0.25, 0.3) is 0 Å². The predicted molar refractivity (Wildman–Crippen MR) is 108 cm³/mol. The van der Waals surface area contributed by atoms with E-state index in [9.17, 15) is 4.39 Å². The van der Waals surface area contributed by atoms with Gasteiger partial charge in [-0.05, 0) is 55.3 Å². The maximum atomic E-state index is 13.0. The van der Waals surface area contributed by atoms with Gasteiger partial charge in [0.2, 0.25) is 0 Å². The molecule has 0 heterocycles. The van der Waals surface area contributed by atoms with Crippen molar-refractivity contribution in [3.63, 3.8) is 0 Å². The van der Waals surface area contributed by atoms with Gasteiger partial charge in [0.25, 0.3) is 0 Å². The van der Waals surface area contributed by atoms with Crippen molar-refractivity contribution < 1.29 is 4.39 Å². The van der Waals surface area contributed by atoms with Crippen molar-refractivity contribution in [1.29, 1.82) is 0 Å². The highest BCUT2D eigenvalue weighted by Crippen LogP contribution is 2.30. The van der Waals surface area contributed by atoms with Crippen molar-refractivity contribution in [3.8, 4) is 0 Å². The maximum Gasteiger partial charge on any atom is 0.0973 e. The van der Waals surface area contributed by atoms with Crippen LogP contribution in [0.5, 0.6) is 0 Å². The number of rotatable bonds is 14. The van der Waals surface area contributed by atoms with Crippen molar-refractivity contribution in [2.24, 2.45) is 35.5 Å². The molecule has 1 heteroatoms. The minimum atomic E-state index is -0.643. The Morgan fingerprint density at radius 2 is 0.708 bits per heavy atom. The molecule has 0 saturated heterocycles. The van der Waals surface area contributed by atoms with Gasteiger partial charge in [-0.2, -0.15) is 0 Å². The average molecular weight is 343 g/mol. The van der Waals surface area contributed by atoms with Gasteiger partial charge in [0, 0.05) is 0 Å². The summed E-state index contributed by atoms with van der Waals surface area (Å²) in [5.74, 6) is 4.75. The zero-order valence-corrected chi connectivity index (χ0v) is 18.1. The molecule has 3 unspecified atom stereocenters. The largest absolute Gasteiger partial charge is 0.248 e. The predicted octanol–water partition coefficient (Wildman–Crippen LogP) is 8.30. The summed E-state index contributed by atoms with van der Waals surface area (Å²) in [5.41, 5.74) is 0. The molecule has 0 N–H and O–H groups in total. The lowest BCUT2D eigenvalue weighted by molar-refractivity contribution is 0.239. The Morgan fingerprint density at radius 3 is 0.958 bits per heavy atom. The Labute approximate surface area is 153 Å². The van der Waals surface area contributed by atoms with Crippen LogP contribution in [0, 0.1) is 35.5 Å². The Kier molecular flexibility index (Phi) is 13.1. The van der Waals surface area contributed by atoms with E-state index < -0.39 is 6.17 Å². The van der Waals surface area contributed by atoms with Crippen molar-refractivity contribution >= 4 is 0 Å². The van der Waals surface area contributed by atoms with E-state index >= 15 is 0 Å². The fourth-order valence-corrected chi connectivity index (χ4v) is 3.71. The van der Waals surface area contributed by atoms with Crippen molar-refractivity contribution in [2.75, 3.05) is 0 Å². The molecule has 0 nitrogen and oxygen atoms in total. The zero-order chi connectivity index (χ0) is 18.7. The first-order chi connectivity index (χ1) is 11.2. The Hall–Kier alpha value is -0.0700. The molecule has 0 amide bonds. The topological polar surface area (TPSA) is 0 Å². The summed E-state index contributed by atoms with van der Waals surface area (Å²) in [5, 5.41) is 0. The second-order valence-corrected chi connectivity index (χ2v) is 9.17. The Bertz CT molecular complexity index is 286. The van der Waals surface area contributed by atoms with Gasteiger partial charge in [-0.25, -0.2) is 4.39 Å². The molecule has 0 aliphatic carbocycles. The molecule has 0 radical (unpaired) electrons. The third-order valence-corrected chi connectivity index (χ3v) is 6.83. The molecule has 0 spiro atoms. The van der Waals surface area contributed by atoms with E-state index in [2.05, 4.69) is 48.5 Å². The summed E-state index contributed by atoms with van der Waals surface area (Å²) in [6, 6.07) is 0. The molecule has 0 aromatic carbocycles. The molecule has 0 rings (SSSR count). The summed E-state index contributed by atoms with van der Waals surface area (Å²) in [6.45, 7) is 18.4. The van der Waals surface area contributed by atoms with Crippen LogP contribution >= 0.6 is 0 Å². The van der Waals surface area contributed by atoms with Crippen LogP contribution in [0.4, 0.5) is 4.39 Å². The standard InChI is InChI=1S/C23H47F/c1-9-10-17(2)18(3)11-12-19(4)20(5)13-14-21(6)22(7)15-16-23(8)24/h17-23H,9-16H2,1-8H3/t17-,18?,19?,20+,21-,22?,23+/m0/s1. The second kappa shape index (κ2) is 13.2. The molecule has 0 aliphatic heterocycles. The lowest BCUT2D eigenvalue weighted by Gasteiger charge is -2.26. The fraction of sp³-hybridized carbons (Fsp3) is 1.00. The van der Waals surface area contributed by atoms with Gasteiger partial charge >= 0.3 is 0 Å². The first kappa shape index (κ1) is 23.9. The van der Waals surface area contributed by atoms with E-state index in [0.717, 1.165) is 42.4 Å². The number of halogens is 1. The Morgan fingerprint density at radius 1 is 0.458 bits per heavy atom. The van der Waals surface area contributed by atoms with Crippen LogP contribution in [0.1, 0.15) is 107 Å². The van der Waals surface area contributed by atoms with Gasteiger partial charge in [-0.3, -0.25) is 0 Å². The molecule has 0 aromatic rings. The van der Waals surface area contributed by atoms with Gasteiger partial charge < -0.3 is 0 Å². The van der Waals surface area contributed by atoms with Crippen LogP contribution in [0.3, 0.4) is 0 Å². The van der Waals surface area contributed by atoms with E-state index in [-0.39, 0.29) is 0 Å². The van der Waals surface area contributed by atoms with Crippen molar-refractivity contribution in [2.45, 2.75) is 113 Å². The summed E-state index contributed by atoms with van der Waals surface area (Å²) < 4.78 is 13.0. The summed E-state index contributed by atoms with van der Waals surface area (Å²) >= 11 is 0. The molecular formula is C23H47F. The quantitative estimate of drug-likeness (QED) is 0.298. The van der Waals surface area contributed by atoms with Gasteiger partial charge in [0.1, 0.15) is 0 Å². The van der Waals surface area contributed by atoms with Crippen LogP contribution < -0.4 is 0 Å². The smallest absolute Gasteiger partial charge is 0.0973 e. The molecule has 7 atom stereocenters. The first-order valence-corrected chi connectivity index (χ1v) is 10.8. The van der Waals surface area contributed by atoms with Crippen LogP contribution in [-0.2, 0) is 0 Å². The monoisotopic (exact) mass is 342 g/mol. The molecule has 0 aromatic heterocycles. The highest BCUT2D eigenvalue weighted by atomic mass is 19.1. The second-order valence-electron chi connectivity index (χ2n) is 9.17. The van der Waals surface area contributed by atoms with Crippen LogP contribution in [-0.4, -0.2) is 6.17 Å². The highest BCUT2D eigenvalue weighted by Gasteiger charge is 2.19. The lowest BCUT2D eigenvalue weighted by Crippen LogP contribution is -2.15. The zero-order valence-electron chi connectivity index (χ0n) is 18.1. The van der Waals surface area contributed by atoms with Gasteiger partial charge in [-0.1, -0.05) is 87.0 Å². The molecule has 146 valence electrons. The van der Waals surface area contributed by atoms with Gasteiger partial charge in [0.05, 0.1) is 6.17 Å². The molecular weight excluding hydrogens is 295 g/mol. The van der Waals surface area contributed by atoms with E-state index in [1.807, 2.05) is 0 Å². The number of hydrogen-bond donors (Lipinski definition) is 0. The van der Waals surface area contributed by atoms with Crippen molar-refractivity contribution in [1.82, 2.24) is 0 Å². The summed E-state index contributed by atoms with van der Waals surface area (Å²) in [4.78, 5) is 0. The summed E-state index contributed by atoms with van der Waals surface area (Å²) in [6.07, 6.45) is 9.20. The summed E-state index contributed by atoms with van der Waals surface area (Å²) in [7, 11) is 0. The first-order valence-electron chi connectivity index (χ1n) is 10.8.